The second-order valence-corrected chi connectivity index (χ2v) is 6.72. The lowest BCUT2D eigenvalue weighted by atomic mass is 9.96. The Morgan fingerprint density at radius 1 is 1.33 bits per heavy atom. The first-order chi connectivity index (χ1) is 8.72. The number of rotatable bonds is 5. The van der Waals surface area contributed by atoms with Crippen molar-refractivity contribution in [1.82, 2.24) is 10.3 Å². The molecule has 2 aromatic rings. The molecule has 0 fully saturated rings. The predicted molar refractivity (Wildman–Crippen MR) is 81.1 cm³/mol. The van der Waals surface area contributed by atoms with Gasteiger partial charge in [0.1, 0.15) is 0 Å². The minimum Gasteiger partial charge on any atom is -0.309 e. The van der Waals surface area contributed by atoms with E-state index in [0.29, 0.717) is 12.0 Å². The second-order valence-electron chi connectivity index (χ2n) is 4.22. The first-order valence-corrected chi connectivity index (χ1v) is 7.73. The molecule has 0 saturated heterocycles. The van der Waals surface area contributed by atoms with Gasteiger partial charge in [0.2, 0.25) is 0 Å². The summed E-state index contributed by atoms with van der Waals surface area (Å²) in [4.78, 5) is 5.82. The van der Waals surface area contributed by atoms with Crippen LogP contribution < -0.4 is 5.32 Å². The predicted octanol–water partition coefficient (Wildman–Crippen LogP) is 4.36. The highest BCUT2D eigenvalue weighted by molar-refractivity contribution is 9.11. The topological polar surface area (TPSA) is 24.9 Å². The molecule has 0 aliphatic carbocycles. The number of nitrogens with zero attached hydrogens (tertiary/aromatic N) is 1. The summed E-state index contributed by atoms with van der Waals surface area (Å²) >= 11 is 5.32. The maximum absolute atomic E-state index is 4.47. The smallest absolute Gasteiger partial charge is 0.0701 e. The molecular formula is C14H17BrN2S. The molecular weight excluding hydrogens is 308 g/mol. The zero-order valence-corrected chi connectivity index (χ0v) is 13.0. The molecule has 2 nitrogen and oxygen atoms in total. The van der Waals surface area contributed by atoms with Gasteiger partial charge in [-0.1, -0.05) is 19.9 Å². The second kappa shape index (κ2) is 6.45. The van der Waals surface area contributed by atoms with Gasteiger partial charge in [0, 0.05) is 28.7 Å². The molecule has 18 heavy (non-hydrogen) atoms. The Bertz CT molecular complexity index is 484. The fourth-order valence-corrected chi connectivity index (χ4v) is 3.66. The molecule has 2 unspecified atom stereocenters. The van der Waals surface area contributed by atoms with Gasteiger partial charge in [-0.3, -0.25) is 4.98 Å². The molecule has 0 aromatic carbocycles. The van der Waals surface area contributed by atoms with Gasteiger partial charge in [-0.2, -0.15) is 0 Å². The zero-order chi connectivity index (χ0) is 13.0. The Morgan fingerprint density at radius 2 is 2.17 bits per heavy atom. The van der Waals surface area contributed by atoms with Crippen molar-refractivity contribution in [3.8, 4) is 0 Å². The van der Waals surface area contributed by atoms with Crippen LogP contribution in [-0.4, -0.2) is 11.5 Å². The van der Waals surface area contributed by atoms with Gasteiger partial charge in [0.05, 0.1) is 3.79 Å². The van der Waals surface area contributed by atoms with Crippen LogP contribution in [-0.2, 0) is 0 Å². The fourth-order valence-electron chi connectivity index (χ4n) is 2.06. The van der Waals surface area contributed by atoms with Crippen LogP contribution in [0.25, 0.3) is 0 Å². The number of aromatic nitrogens is 1. The van der Waals surface area contributed by atoms with E-state index in [0.717, 1.165) is 12.2 Å². The van der Waals surface area contributed by atoms with Crippen molar-refractivity contribution in [1.29, 1.82) is 0 Å². The molecule has 0 bridgehead atoms. The minimum atomic E-state index is 0.321. The highest BCUT2D eigenvalue weighted by Gasteiger charge is 2.22. The number of likely N-dealkylation sites (N-methyl/N-ethyl adjacent to an activating group) is 1. The molecule has 2 aromatic heterocycles. The fraction of sp³-hybridized carbons (Fsp3) is 0.357. The highest BCUT2D eigenvalue weighted by atomic mass is 79.9. The number of halogens is 1. The normalized spacial score (nSPS) is 14.4. The van der Waals surface area contributed by atoms with E-state index in [2.05, 4.69) is 58.3 Å². The van der Waals surface area contributed by atoms with Crippen molar-refractivity contribution in [2.24, 2.45) is 0 Å². The van der Waals surface area contributed by atoms with Crippen LogP contribution in [0.2, 0.25) is 0 Å². The largest absolute Gasteiger partial charge is 0.309 e. The summed E-state index contributed by atoms with van der Waals surface area (Å²) in [5.74, 6) is 0.358. The monoisotopic (exact) mass is 324 g/mol. The SMILES string of the molecule is CCNC(c1ccc(Br)s1)C(C)c1ccccn1. The Morgan fingerprint density at radius 3 is 2.72 bits per heavy atom. The number of hydrogen-bond acceptors (Lipinski definition) is 3. The minimum absolute atomic E-state index is 0.321. The molecule has 0 radical (unpaired) electrons. The van der Waals surface area contributed by atoms with Gasteiger partial charge >= 0.3 is 0 Å². The Kier molecular flexibility index (Phi) is 4.92. The lowest BCUT2D eigenvalue weighted by Gasteiger charge is -2.23. The molecule has 0 spiro atoms. The van der Waals surface area contributed by atoms with Crippen LogP contribution in [0.1, 0.15) is 36.4 Å². The van der Waals surface area contributed by atoms with Crippen molar-refractivity contribution in [2.75, 3.05) is 6.54 Å². The molecule has 2 rings (SSSR count). The van der Waals surface area contributed by atoms with Crippen molar-refractivity contribution in [3.05, 3.63) is 50.9 Å². The van der Waals surface area contributed by atoms with Crippen LogP contribution in [0.5, 0.6) is 0 Å². The molecule has 4 heteroatoms. The van der Waals surface area contributed by atoms with E-state index < -0.39 is 0 Å². The van der Waals surface area contributed by atoms with Gasteiger partial charge in [-0.15, -0.1) is 11.3 Å². The Labute approximate surface area is 121 Å². The summed E-state index contributed by atoms with van der Waals surface area (Å²) in [5, 5.41) is 3.56. The quantitative estimate of drug-likeness (QED) is 0.883. The third-order valence-electron chi connectivity index (χ3n) is 2.98. The average molecular weight is 325 g/mol. The molecule has 96 valence electrons. The maximum atomic E-state index is 4.47. The van der Waals surface area contributed by atoms with E-state index in [4.69, 9.17) is 0 Å². The summed E-state index contributed by atoms with van der Waals surface area (Å²) in [6, 6.07) is 10.7. The van der Waals surface area contributed by atoms with Gasteiger partial charge in [-0.25, -0.2) is 0 Å². The highest BCUT2D eigenvalue weighted by Crippen LogP contribution is 2.35. The van der Waals surface area contributed by atoms with Crippen LogP contribution in [0.15, 0.2) is 40.3 Å². The number of pyridine rings is 1. The Balaban J connectivity index is 2.25. The lowest BCUT2D eigenvalue weighted by Crippen LogP contribution is -2.25. The summed E-state index contributed by atoms with van der Waals surface area (Å²) in [7, 11) is 0. The number of nitrogens with one attached hydrogen (secondary N) is 1. The van der Waals surface area contributed by atoms with Crippen LogP contribution in [0.4, 0.5) is 0 Å². The molecule has 0 aliphatic rings. The molecule has 2 heterocycles. The zero-order valence-electron chi connectivity index (χ0n) is 10.6. The summed E-state index contributed by atoms with van der Waals surface area (Å²) < 4.78 is 1.17. The maximum Gasteiger partial charge on any atom is 0.0701 e. The number of hydrogen-bond donors (Lipinski definition) is 1. The summed E-state index contributed by atoms with van der Waals surface area (Å²) in [6.45, 7) is 5.32. The molecule has 1 N–H and O–H groups in total. The molecule has 0 aliphatic heterocycles. The summed E-state index contributed by atoms with van der Waals surface area (Å²) in [5.41, 5.74) is 1.13. The van der Waals surface area contributed by atoms with Gasteiger partial charge in [-0.05, 0) is 46.7 Å². The van der Waals surface area contributed by atoms with E-state index in [9.17, 15) is 0 Å². The van der Waals surface area contributed by atoms with E-state index >= 15 is 0 Å². The summed E-state index contributed by atoms with van der Waals surface area (Å²) in [6.07, 6.45) is 1.86. The molecule has 0 saturated carbocycles. The molecule has 0 amide bonds. The third kappa shape index (κ3) is 3.19. The van der Waals surface area contributed by atoms with Gasteiger partial charge < -0.3 is 5.32 Å². The van der Waals surface area contributed by atoms with Gasteiger partial charge in [0.25, 0.3) is 0 Å². The van der Waals surface area contributed by atoms with Crippen molar-refractivity contribution in [3.63, 3.8) is 0 Å². The van der Waals surface area contributed by atoms with E-state index in [-0.39, 0.29) is 0 Å². The van der Waals surface area contributed by atoms with E-state index in [1.807, 2.05) is 18.3 Å². The van der Waals surface area contributed by atoms with Gasteiger partial charge in [0.15, 0.2) is 0 Å². The van der Waals surface area contributed by atoms with Crippen molar-refractivity contribution in [2.45, 2.75) is 25.8 Å². The van der Waals surface area contributed by atoms with E-state index in [1.54, 1.807) is 11.3 Å². The van der Waals surface area contributed by atoms with E-state index in [1.165, 1.54) is 8.66 Å². The van der Waals surface area contributed by atoms with Crippen LogP contribution >= 0.6 is 27.3 Å². The first kappa shape index (κ1) is 13.7. The standard InChI is InChI=1S/C14H17BrN2S/c1-3-16-14(12-7-8-13(15)18-12)10(2)11-6-4-5-9-17-11/h4-10,14,16H,3H2,1-2H3. The van der Waals surface area contributed by atoms with Crippen molar-refractivity contribution < 1.29 is 0 Å². The Hall–Kier alpha value is -0.710. The van der Waals surface area contributed by atoms with Crippen LogP contribution in [0, 0.1) is 0 Å². The first-order valence-electron chi connectivity index (χ1n) is 6.12. The molecule has 2 atom stereocenters. The van der Waals surface area contributed by atoms with Crippen molar-refractivity contribution >= 4 is 27.3 Å². The lowest BCUT2D eigenvalue weighted by molar-refractivity contribution is 0.479. The average Bonchev–Trinajstić information content (AvgIpc) is 2.82. The third-order valence-corrected chi connectivity index (χ3v) is 4.69. The van der Waals surface area contributed by atoms with Crippen LogP contribution in [0.3, 0.4) is 0 Å². The number of thiophene rings is 1.